The van der Waals surface area contributed by atoms with Gasteiger partial charge in [-0.25, -0.2) is 0 Å². The molecular formula is C26H36N4O2. The van der Waals surface area contributed by atoms with Crippen molar-refractivity contribution in [2.75, 3.05) is 13.6 Å². The van der Waals surface area contributed by atoms with Crippen LogP contribution in [0.5, 0.6) is 5.75 Å². The monoisotopic (exact) mass is 436 g/mol. The minimum Gasteiger partial charge on any atom is -0.488 e. The molecule has 172 valence electrons. The van der Waals surface area contributed by atoms with Gasteiger partial charge < -0.3 is 20.3 Å². The molecule has 0 aromatic heterocycles. The molecule has 32 heavy (non-hydrogen) atoms. The number of rotatable bonds is 7. The Morgan fingerprint density at radius 2 is 1.78 bits per heavy atom. The van der Waals surface area contributed by atoms with Gasteiger partial charge >= 0.3 is 0 Å². The van der Waals surface area contributed by atoms with Crippen molar-refractivity contribution in [2.45, 2.75) is 65.8 Å². The van der Waals surface area contributed by atoms with Crippen molar-refractivity contribution in [1.82, 2.24) is 15.5 Å². The summed E-state index contributed by atoms with van der Waals surface area (Å²) in [7, 11) is 1.75. The number of aliphatic imine (C=N–C) groups is 1. The van der Waals surface area contributed by atoms with E-state index in [1.165, 1.54) is 16.7 Å². The van der Waals surface area contributed by atoms with Gasteiger partial charge in [-0.2, -0.15) is 0 Å². The lowest BCUT2D eigenvalue weighted by Gasteiger charge is -2.24. The highest BCUT2D eigenvalue weighted by atomic mass is 16.5. The van der Waals surface area contributed by atoms with Crippen LogP contribution in [-0.2, 0) is 24.4 Å². The van der Waals surface area contributed by atoms with Gasteiger partial charge in [0.1, 0.15) is 11.4 Å². The second-order valence-corrected chi connectivity index (χ2v) is 9.30. The van der Waals surface area contributed by atoms with Crippen LogP contribution in [-0.4, -0.2) is 36.0 Å². The molecule has 2 N–H and O–H groups in total. The fourth-order valence-electron chi connectivity index (χ4n) is 3.75. The lowest BCUT2D eigenvalue weighted by atomic mass is 10.1. The lowest BCUT2D eigenvalue weighted by Crippen LogP contribution is -2.38. The minimum atomic E-state index is -0.258. The minimum absolute atomic E-state index is 0.203. The average molecular weight is 437 g/mol. The van der Waals surface area contributed by atoms with Gasteiger partial charge in [-0.3, -0.25) is 9.79 Å². The van der Waals surface area contributed by atoms with Crippen LogP contribution in [0.2, 0.25) is 0 Å². The second kappa shape index (κ2) is 10.5. The van der Waals surface area contributed by atoms with E-state index >= 15 is 0 Å². The molecule has 1 aliphatic rings. The van der Waals surface area contributed by atoms with Crippen molar-refractivity contribution in [2.24, 2.45) is 4.99 Å². The Morgan fingerprint density at radius 3 is 2.41 bits per heavy atom. The van der Waals surface area contributed by atoms with Crippen molar-refractivity contribution >= 4 is 11.9 Å². The maximum Gasteiger partial charge on any atom is 0.223 e. The summed E-state index contributed by atoms with van der Waals surface area (Å²) in [6, 6.07) is 14.5. The van der Waals surface area contributed by atoms with Gasteiger partial charge in [0, 0.05) is 45.2 Å². The number of benzene rings is 2. The van der Waals surface area contributed by atoms with E-state index in [1.54, 1.807) is 7.05 Å². The molecule has 0 saturated heterocycles. The number of hydrogen-bond donors (Lipinski definition) is 2. The van der Waals surface area contributed by atoms with Crippen LogP contribution in [0.25, 0.3) is 0 Å². The Morgan fingerprint density at radius 1 is 1.09 bits per heavy atom. The fraction of sp³-hybridized carbons (Fsp3) is 0.462. The van der Waals surface area contributed by atoms with Crippen LogP contribution in [0.1, 0.15) is 55.9 Å². The molecule has 0 bridgehead atoms. The molecule has 6 nitrogen and oxygen atoms in total. The van der Waals surface area contributed by atoms with E-state index in [0.717, 1.165) is 30.8 Å². The molecule has 0 atom stereocenters. The summed E-state index contributed by atoms with van der Waals surface area (Å²) in [6.45, 7) is 11.0. The molecule has 0 fully saturated rings. The van der Waals surface area contributed by atoms with Crippen molar-refractivity contribution in [1.29, 1.82) is 0 Å². The first-order chi connectivity index (χ1) is 15.2. The largest absolute Gasteiger partial charge is 0.488 e. The van der Waals surface area contributed by atoms with Crippen LogP contribution >= 0.6 is 0 Å². The van der Waals surface area contributed by atoms with E-state index in [4.69, 9.17) is 4.74 Å². The summed E-state index contributed by atoms with van der Waals surface area (Å²) in [4.78, 5) is 18.8. The van der Waals surface area contributed by atoms with Crippen LogP contribution in [0, 0.1) is 6.92 Å². The zero-order chi connectivity index (χ0) is 23.1. The molecule has 2 aromatic rings. The smallest absolute Gasteiger partial charge is 0.223 e. The predicted octanol–water partition coefficient (Wildman–Crippen LogP) is 4.16. The average Bonchev–Trinajstić information content (AvgIpc) is 3.17. The Kier molecular flexibility index (Phi) is 7.78. The normalized spacial score (nSPS) is 13.7. The molecule has 1 aliphatic heterocycles. The Hall–Kier alpha value is -3.02. The number of guanidine groups is 1. The third-order valence-corrected chi connectivity index (χ3v) is 5.36. The number of nitrogens with one attached hydrogen (secondary N) is 2. The molecule has 1 amide bonds. The first kappa shape index (κ1) is 23.6. The summed E-state index contributed by atoms with van der Waals surface area (Å²) in [5.41, 5.74) is 4.51. The Bertz CT molecular complexity index is 938. The number of nitrogens with zero attached hydrogens (tertiary/aromatic N) is 2. The van der Waals surface area contributed by atoms with Crippen molar-refractivity contribution in [3.63, 3.8) is 0 Å². The number of amides is 1. The topological polar surface area (TPSA) is 66.0 Å². The van der Waals surface area contributed by atoms with Gasteiger partial charge in [0.25, 0.3) is 0 Å². The summed E-state index contributed by atoms with van der Waals surface area (Å²) < 4.78 is 6.13. The van der Waals surface area contributed by atoms with Gasteiger partial charge in [-0.15, -0.1) is 0 Å². The predicted molar refractivity (Wildman–Crippen MR) is 130 cm³/mol. The number of hydrogen-bond acceptors (Lipinski definition) is 3. The summed E-state index contributed by atoms with van der Waals surface area (Å²) in [5, 5.41) is 6.66. The molecule has 0 aliphatic carbocycles. The standard InChI is InChI=1S/C26H36N4O2/c1-19-12-13-20(23(15-19)32-26(2,3)4)16-29-25(27-5)28-14-8-11-24(31)30-17-21-9-6-7-10-22(21)18-30/h6-7,9-10,12-13,15H,8,11,14,16-18H2,1-5H3,(H2,27,28,29). The third kappa shape index (κ3) is 6.74. The zero-order valence-corrected chi connectivity index (χ0v) is 20.0. The third-order valence-electron chi connectivity index (χ3n) is 5.36. The summed E-state index contributed by atoms with van der Waals surface area (Å²) in [5.74, 6) is 1.81. The Balaban J connectivity index is 1.43. The van der Waals surface area contributed by atoms with E-state index in [0.29, 0.717) is 25.5 Å². The van der Waals surface area contributed by atoms with Gasteiger partial charge in [0.05, 0.1) is 0 Å². The molecule has 0 unspecified atom stereocenters. The molecule has 2 aromatic carbocycles. The van der Waals surface area contributed by atoms with Gasteiger partial charge in [-0.1, -0.05) is 36.4 Å². The SMILES string of the molecule is CN=C(NCCCC(=O)N1Cc2ccccc2C1)NCc1ccc(C)cc1OC(C)(C)C. The van der Waals surface area contributed by atoms with Crippen molar-refractivity contribution in [3.8, 4) is 5.75 Å². The van der Waals surface area contributed by atoms with Crippen molar-refractivity contribution < 1.29 is 9.53 Å². The highest BCUT2D eigenvalue weighted by Gasteiger charge is 2.22. The molecule has 0 radical (unpaired) electrons. The van der Waals surface area contributed by atoms with Gasteiger partial charge in [0.2, 0.25) is 5.91 Å². The first-order valence-electron chi connectivity index (χ1n) is 11.3. The van der Waals surface area contributed by atoms with Crippen molar-refractivity contribution in [3.05, 3.63) is 64.7 Å². The number of fused-ring (bicyclic) bond motifs is 1. The van der Waals surface area contributed by atoms with Crippen LogP contribution < -0.4 is 15.4 Å². The van der Waals surface area contributed by atoms with Crippen LogP contribution in [0.15, 0.2) is 47.5 Å². The molecule has 3 rings (SSSR count). The number of carbonyl (C=O) groups excluding carboxylic acids is 1. The van der Waals surface area contributed by atoms with E-state index < -0.39 is 0 Å². The zero-order valence-electron chi connectivity index (χ0n) is 20.0. The van der Waals surface area contributed by atoms with Crippen LogP contribution in [0.3, 0.4) is 0 Å². The Labute approximate surface area is 192 Å². The van der Waals surface area contributed by atoms with Gasteiger partial charge in [-0.05, 0) is 56.9 Å². The summed E-state index contributed by atoms with van der Waals surface area (Å²) >= 11 is 0. The van der Waals surface area contributed by atoms with E-state index in [-0.39, 0.29) is 11.5 Å². The number of ether oxygens (including phenoxy) is 1. The van der Waals surface area contributed by atoms with E-state index in [2.05, 4.69) is 73.7 Å². The quantitative estimate of drug-likeness (QED) is 0.389. The maximum absolute atomic E-state index is 12.6. The maximum atomic E-state index is 12.6. The lowest BCUT2D eigenvalue weighted by molar-refractivity contribution is -0.131. The first-order valence-corrected chi connectivity index (χ1v) is 11.3. The van der Waals surface area contributed by atoms with Crippen LogP contribution in [0.4, 0.5) is 0 Å². The second-order valence-electron chi connectivity index (χ2n) is 9.30. The molecule has 0 saturated carbocycles. The number of carbonyl (C=O) groups is 1. The highest BCUT2D eigenvalue weighted by molar-refractivity contribution is 5.80. The van der Waals surface area contributed by atoms with E-state index in [1.807, 2.05) is 17.0 Å². The molecule has 6 heteroatoms. The molecule has 0 spiro atoms. The highest BCUT2D eigenvalue weighted by Crippen LogP contribution is 2.25. The molecule has 1 heterocycles. The molecular weight excluding hydrogens is 400 g/mol. The van der Waals surface area contributed by atoms with E-state index in [9.17, 15) is 4.79 Å². The fourth-order valence-corrected chi connectivity index (χ4v) is 3.75. The number of aryl methyl sites for hydroxylation is 1. The van der Waals surface area contributed by atoms with Gasteiger partial charge in [0.15, 0.2) is 5.96 Å². The summed E-state index contributed by atoms with van der Waals surface area (Å²) in [6.07, 6.45) is 1.29.